The summed E-state index contributed by atoms with van der Waals surface area (Å²) in [6.45, 7) is 1.10. The Hall–Kier alpha value is -1.56. The van der Waals surface area contributed by atoms with Crippen molar-refractivity contribution in [1.82, 2.24) is 4.90 Å². The molecule has 1 amide bonds. The zero-order chi connectivity index (χ0) is 14.8. The number of carbonyl (C=O) groups excluding carboxylic acids is 1. The average Bonchev–Trinajstić information content (AvgIpc) is 3.13. The van der Waals surface area contributed by atoms with E-state index in [1.165, 1.54) is 11.3 Å². The Morgan fingerprint density at radius 3 is 2.71 bits per heavy atom. The lowest BCUT2D eigenvalue weighted by Gasteiger charge is -2.19. The number of hydrogen-bond donors (Lipinski definition) is 1. The first-order chi connectivity index (χ1) is 10.2. The highest BCUT2D eigenvalue weighted by molar-refractivity contribution is 7.08. The molecular weight excluding hydrogens is 329 g/mol. The van der Waals surface area contributed by atoms with Crippen molar-refractivity contribution >= 4 is 52.1 Å². The lowest BCUT2D eigenvalue weighted by molar-refractivity contribution is 0.0858. The first-order valence-electron chi connectivity index (χ1n) is 6.26. The number of rotatable bonds is 2. The number of aliphatic imine (C=N–C) groups is 1. The lowest BCUT2D eigenvalue weighted by atomic mass is 10.3. The number of carbonyl (C=O) groups is 1. The van der Waals surface area contributed by atoms with Gasteiger partial charge >= 0.3 is 0 Å². The number of anilines is 1. The van der Waals surface area contributed by atoms with Crippen molar-refractivity contribution in [2.75, 3.05) is 18.4 Å². The predicted octanol–water partition coefficient (Wildman–Crippen LogP) is 3.98. The van der Waals surface area contributed by atoms with Crippen molar-refractivity contribution in [2.24, 2.45) is 4.99 Å². The summed E-state index contributed by atoms with van der Waals surface area (Å²) >= 11 is 13.7. The molecule has 0 saturated carbocycles. The van der Waals surface area contributed by atoms with Gasteiger partial charge in [0.25, 0.3) is 5.91 Å². The molecule has 1 aliphatic heterocycles. The van der Waals surface area contributed by atoms with Crippen molar-refractivity contribution < 1.29 is 4.79 Å². The quantitative estimate of drug-likeness (QED) is 0.899. The molecule has 1 aromatic heterocycles. The maximum atomic E-state index is 12.4. The Bertz CT molecular complexity index is 680. The highest BCUT2D eigenvalue weighted by atomic mass is 35.5. The molecule has 0 aliphatic carbocycles. The third-order valence-corrected chi connectivity index (χ3v) is 4.37. The average molecular weight is 340 g/mol. The van der Waals surface area contributed by atoms with E-state index < -0.39 is 0 Å². The van der Waals surface area contributed by atoms with E-state index in [0.29, 0.717) is 40.3 Å². The minimum atomic E-state index is -0.0804. The van der Waals surface area contributed by atoms with Gasteiger partial charge in [-0.05, 0) is 23.6 Å². The number of nitrogens with zero attached hydrogens (tertiary/aromatic N) is 2. The summed E-state index contributed by atoms with van der Waals surface area (Å²) in [6, 6.07) is 7.03. The summed E-state index contributed by atoms with van der Waals surface area (Å²) in [5.74, 6) is 0.393. The molecule has 0 radical (unpaired) electrons. The second kappa shape index (κ2) is 6.05. The summed E-state index contributed by atoms with van der Waals surface area (Å²) in [5, 5.41) is 7.73. The number of hydrogen-bond acceptors (Lipinski definition) is 4. The van der Waals surface area contributed by atoms with Gasteiger partial charge in [0.2, 0.25) is 5.96 Å². The first-order valence-corrected chi connectivity index (χ1v) is 7.96. The Labute approximate surface area is 136 Å². The van der Waals surface area contributed by atoms with Gasteiger partial charge in [-0.1, -0.05) is 29.3 Å². The van der Waals surface area contributed by atoms with E-state index in [1.54, 1.807) is 29.2 Å². The fourth-order valence-electron chi connectivity index (χ4n) is 2.02. The SMILES string of the molecule is O=C(c1ccsc1)N1CCN=C1Nc1c(Cl)cccc1Cl. The van der Waals surface area contributed by atoms with Crippen molar-refractivity contribution in [3.63, 3.8) is 0 Å². The molecular formula is C14H11Cl2N3OS. The van der Waals surface area contributed by atoms with Crippen LogP contribution in [0.15, 0.2) is 40.0 Å². The summed E-state index contributed by atoms with van der Waals surface area (Å²) in [5.41, 5.74) is 1.21. The van der Waals surface area contributed by atoms with Crippen LogP contribution in [0, 0.1) is 0 Å². The van der Waals surface area contributed by atoms with Crippen molar-refractivity contribution in [3.05, 3.63) is 50.6 Å². The van der Waals surface area contributed by atoms with E-state index in [-0.39, 0.29) is 5.91 Å². The van der Waals surface area contributed by atoms with E-state index in [9.17, 15) is 4.79 Å². The van der Waals surface area contributed by atoms with Crippen LogP contribution in [0.3, 0.4) is 0 Å². The molecule has 4 nitrogen and oxygen atoms in total. The van der Waals surface area contributed by atoms with Crippen LogP contribution in [0.4, 0.5) is 5.69 Å². The van der Waals surface area contributed by atoms with Gasteiger partial charge in [0, 0.05) is 11.9 Å². The molecule has 0 unspecified atom stereocenters. The largest absolute Gasteiger partial charge is 0.323 e. The topological polar surface area (TPSA) is 44.7 Å². The number of benzene rings is 1. The summed E-state index contributed by atoms with van der Waals surface area (Å²) in [4.78, 5) is 18.3. The van der Waals surface area contributed by atoms with E-state index in [4.69, 9.17) is 23.2 Å². The van der Waals surface area contributed by atoms with Crippen molar-refractivity contribution in [3.8, 4) is 0 Å². The fraction of sp³-hybridized carbons (Fsp3) is 0.143. The molecule has 7 heteroatoms. The smallest absolute Gasteiger partial charge is 0.261 e. The molecule has 1 aromatic carbocycles. The summed E-state index contributed by atoms with van der Waals surface area (Å²) in [6.07, 6.45) is 0. The Balaban J connectivity index is 1.84. The van der Waals surface area contributed by atoms with E-state index in [0.717, 1.165) is 0 Å². The second-order valence-electron chi connectivity index (χ2n) is 4.40. The number of halogens is 2. The van der Waals surface area contributed by atoms with Crippen LogP contribution in [0.25, 0.3) is 0 Å². The van der Waals surface area contributed by atoms with E-state index >= 15 is 0 Å². The highest BCUT2D eigenvalue weighted by Crippen LogP contribution is 2.30. The normalized spacial score (nSPS) is 14.2. The molecule has 0 fully saturated rings. The third-order valence-electron chi connectivity index (χ3n) is 3.05. The third kappa shape index (κ3) is 2.90. The van der Waals surface area contributed by atoms with Crippen LogP contribution < -0.4 is 5.32 Å². The van der Waals surface area contributed by atoms with Crippen LogP contribution in [-0.2, 0) is 0 Å². The van der Waals surface area contributed by atoms with Gasteiger partial charge in [-0.2, -0.15) is 11.3 Å². The van der Waals surface area contributed by atoms with Crippen LogP contribution in [-0.4, -0.2) is 29.9 Å². The van der Waals surface area contributed by atoms with Crippen molar-refractivity contribution in [1.29, 1.82) is 0 Å². The summed E-state index contributed by atoms with van der Waals surface area (Å²) < 4.78 is 0. The van der Waals surface area contributed by atoms with Gasteiger partial charge in [0.15, 0.2) is 0 Å². The van der Waals surface area contributed by atoms with Crippen LogP contribution in [0.1, 0.15) is 10.4 Å². The number of thiophene rings is 1. The van der Waals surface area contributed by atoms with Gasteiger partial charge < -0.3 is 5.32 Å². The molecule has 2 heterocycles. The zero-order valence-corrected chi connectivity index (χ0v) is 13.2. The van der Waals surface area contributed by atoms with E-state index in [2.05, 4.69) is 10.3 Å². The molecule has 1 N–H and O–H groups in total. The Kier molecular flexibility index (Phi) is 4.14. The molecule has 3 rings (SSSR count). The van der Waals surface area contributed by atoms with Crippen LogP contribution >= 0.6 is 34.5 Å². The molecule has 0 spiro atoms. The van der Waals surface area contributed by atoms with Crippen LogP contribution in [0.2, 0.25) is 10.0 Å². The summed E-state index contributed by atoms with van der Waals surface area (Å²) in [7, 11) is 0. The molecule has 21 heavy (non-hydrogen) atoms. The number of guanidine groups is 1. The molecule has 1 aliphatic rings. The predicted molar refractivity (Wildman–Crippen MR) is 87.7 cm³/mol. The Morgan fingerprint density at radius 2 is 2.05 bits per heavy atom. The fourth-order valence-corrected chi connectivity index (χ4v) is 3.14. The van der Waals surface area contributed by atoms with Gasteiger partial charge in [0.1, 0.15) is 0 Å². The van der Waals surface area contributed by atoms with E-state index in [1.807, 2.05) is 10.8 Å². The van der Waals surface area contributed by atoms with Gasteiger partial charge in [-0.3, -0.25) is 14.7 Å². The van der Waals surface area contributed by atoms with Gasteiger partial charge in [-0.15, -0.1) is 0 Å². The maximum Gasteiger partial charge on any atom is 0.261 e. The lowest BCUT2D eigenvalue weighted by Crippen LogP contribution is -2.38. The number of amides is 1. The number of para-hydroxylation sites is 1. The van der Waals surface area contributed by atoms with Crippen LogP contribution in [0.5, 0.6) is 0 Å². The minimum Gasteiger partial charge on any atom is -0.323 e. The van der Waals surface area contributed by atoms with Gasteiger partial charge in [-0.25, -0.2) is 0 Å². The zero-order valence-electron chi connectivity index (χ0n) is 10.8. The molecule has 0 bridgehead atoms. The highest BCUT2D eigenvalue weighted by Gasteiger charge is 2.26. The van der Waals surface area contributed by atoms with Gasteiger partial charge in [0.05, 0.1) is 27.8 Å². The second-order valence-corrected chi connectivity index (χ2v) is 5.99. The minimum absolute atomic E-state index is 0.0804. The molecule has 0 saturated heterocycles. The maximum absolute atomic E-state index is 12.4. The standard InChI is InChI=1S/C14H11Cl2N3OS/c15-10-2-1-3-11(16)12(10)18-14-17-5-6-19(14)13(20)9-4-7-21-8-9/h1-4,7-8H,5-6H2,(H,17,18). The number of nitrogens with one attached hydrogen (secondary N) is 1. The molecule has 108 valence electrons. The monoisotopic (exact) mass is 339 g/mol. The molecule has 2 aromatic rings. The molecule has 0 atom stereocenters. The first kappa shape index (κ1) is 14.4. The van der Waals surface area contributed by atoms with Crippen molar-refractivity contribution in [2.45, 2.75) is 0 Å². The Morgan fingerprint density at radius 1 is 1.29 bits per heavy atom.